The Labute approximate surface area is 136 Å². The number of para-hydroxylation sites is 1. The van der Waals surface area contributed by atoms with Gasteiger partial charge in [-0.1, -0.05) is 18.2 Å². The van der Waals surface area contributed by atoms with Gasteiger partial charge in [-0.2, -0.15) is 0 Å². The van der Waals surface area contributed by atoms with Crippen molar-refractivity contribution >= 4 is 6.08 Å². The topological polar surface area (TPSA) is 38.2 Å². The average molecular weight is 307 g/mol. The second-order valence-electron chi connectivity index (χ2n) is 6.34. The van der Waals surface area contributed by atoms with Crippen molar-refractivity contribution in [1.29, 1.82) is 0 Å². The Morgan fingerprint density at radius 1 is 1.22 bits per heavy atom. The molecule has 0 bridgehead atoms. The number of rotatable bonds is 3. The number of hydrogen-bond donors (Lipinski definition) is 0. The van der Waals surface area contributed by atoms with Crippen LogP contribution in [-0.4, -0.2) is 41.1 Å². The molecule has 1 saturated heterocycles. The molecule has 1 aromatic carbocycles. The molecule has 23 heavy (non-hydrogen) atoms. The van der Waals surface area contributed by atoms with E-state index in [4.69, 9.17) is 4.74 Å². The molecule has 0 amide bonds. The van der Waals surface area contributed by atoms with E-state index in [1.165, 1.54) is 29.7 Å². The molecule has 0 saturated carbocycles. The maximum Gasteiger partial charge on any atom is 0.127 e. The van der Waals surface area contributed by atoms with Crippen LogP contribution in [0.2, 0.25) is 0 Å². The predicted molar refractivity (Wildman–Crippen MR) is 90.4 cm³/mol. The summed E-state index contributed by atoms with van der Waals surface area (Å²) in [6, 6.07) is 10.3. The van der Waals surface area contributed by atoms with Crippen LogP contribution in [0.15, 0.2) is 48.4 Å². The highest BCUT2D eigenvalue weighted by Gasteiger charge is 2.23. The first-order valence-corrected chi connectivity index (χ1v) is 8.28. The van der Waals surface area contributed by atoms with E-state index in [9.17, 15) is 0 Å². The molecule has 2 aliphatic rings. The third-order valence-corrected chi connectivity index (χ3v) is 4.65. The fraction of sp³-hybridized carbons (Fsp3) is 0.368. The second kappa shape index (κ2) is 6.50. The van der Waals surface area contributed by atoms with Gasteiger partial charge < -0.3 is 4.74 Å². The molecule has 0 spiro atoms. The molecule has 4 rings (SSSR count). The predicted octanol–water partition coefficient (Wildman–Crippen LogP) is 3.13. The fourth-order valence-corrected chi connectivity index (χ4v) is 3.52. The lowest BCUT2D eigenvalue weighted by molar-refractivity contribution is 0.213. The zero-order valence-electron chi connectivity index (χ0n) is 13.2. The van der Waals surface area contributed by atoms with Gasteiger partial charge in [-0.25, -0.2) is 9.97 Å². The SMILES string of the molecule is C1=C(CN2CCCC(c3ccncn3)C2)COc2ccccc21. The summed E-state index contributed by atoms with van der Waals surface area (Å²) in [4.78, 5) is 11.0. The van der Waals surface area contributed by atoms with Crippen LogP contribution in [0.4, 0.5) is 0 Å². The second-order valence-corrected chi connectivity index (χ2v) is 6.34. The Hall–Kier alpha value is -2.20. The van der Waals surface area contributed by atoms with Crippen molar-refractivity contribution in [2.45, 2.75) is 18.8 Å². The van der Waals surface area contributed by atoms with Crippen molar-refractivity contribution in [2.24, 2.45) is 0 Å². The van der Waals surface area contributed by atoms with Crippen molar-refractivity contribution in [1.82, 2.24) is 14.9 Å². The number of ether oxygens (including phenoxy) is 1. The van der Waals surface area contributed by atoms with E-state index in [-0.39, 0.29) is 0 Å². The first-order chi connectivity index (χ1) is 11.4. The molecule has 1 aromatic heterocycles. The van der Waals surface area contributed by atoms with Crippen molar-refractivity contribution < 1.29 is 4.74 Å². The van der Waals surface area contributed by atoms with E-state index in [2.05, 4.69) is 33.1 Å². The number of likely N-dealkylation sites (tertiary alicyclic amines) is 1. The maximum atomic E-state index is 5.87. The summed E-state index contributed by atoms with van der Waals surface area (Å²) in [6.07, 6.45) is 8.22. The van der Waals surface area contributed by atoms with Crippen LogP contribution in [0.5, 0.6) is 5.75 Å². The fourth-order valence-electron chi connectivity index (χ4n) is 3.52. The van der Waals surface area contributed by atoms with E-state index in [1.54, 1.807) is 6.33 Å². The van der Waals surface area contributed by atoms with Gasteiger partial charge in [-0.05, 0) is 43.2 Å². The van der Waals surface area contributed by atoms with Crippen molar-refractivity contribution in [3.05, 3.63) is 59.7 Å². The van der Waals surface area contributed by atoms with E-state index < -0.39 is 0 Å². The zero-order valence-corrected chi connectivity index (χ0v) is 13.2. The first-order valence-electron chi connectivity index (χ1n) is 8.28. The quantitative estimate of drug-likeness (QED) is 0.873. The van der Waals surface area contributed by atoms with Crippen molar-refractivity contribution in [2.75, 3.05) is 26.2 Å². The van der Waals surface area contributed by atoms with Gasteiger partial charge in [-0.3, -0.25) is 4.90 Å². The summed E-state index contributed by atoms with van der Waals surface area (Å²) in [6.45, 7) is 3.90. The van der Waals surface area contributed by atoms with Crippen LogP contribution < -0.4 is 4.74 Å². The van der Waals surface area contributed by atoms with Gasteiger partial charge in [0.15, 0.2) is 0 Å². The Kier molecular flexibility index (Phi) is 4.07. The molecule has 4 nitrogen and oxygen atoms in total. The van der Waals surface area contributed by atoms with Crippen LogP contribution in [0.25, 0.3) is 6.08 Å². The van der Waals surface area contributed by atoms with E-state index >= 15 is 0 Å². The average Bonchev–Trinajstić information content (AvgIpc) is 2.63. The van der Waals surface area contributed by atoms with Gasteiger partial charge >= 0.3 is 0 Å². The van der Waals surface area contributed by atoms with Gasteiger partial charge in [0.2, 0.25) is 0 Å². The molecular formula is C19H21N3O. The minimum absolute atomic E-state index is 0.518. The van der Waals surface area contributed by atoms with E-state index in [0.29, 0.717) is 12.5 Å². The van der Waals surface area contributed by atoms with Gasteiger partial charge in [0, 0.05) is 36.5 Å². The number of fused-ring (bicyclic) bond motifs is 1. The molecule has 4 heteroatoms. The molecule has 3 heterocycles. The molecule has 0 aliphatic carbocycles. The standard InChI is InChI=1S/C19H21N3O/c1-2-6-19-16(4-1)10-15(13-23-19)11-22-9-3-5-17(12-22)18-7-8-20-14-21-18/h1-2,4,6-8,10,14,17H,3,5,9,11-13H2. The largest absolute Gasteiger partial charge is 0.489 e. The molecule has 1 atom stereocenters. The van der Waals surface area contributed by atoms with Crippen LogP contribution in [0.1, 0.15) is 30.0 Å². The molecule has 0 N–H and O–H groups in total. The molecule has 0 radical (unpaired) electrons. The van der Waals surface area contributed by atoms with Crippen LogP contribution in [-0.2, 0) is 0 Å². The number of benzene rings is 1. The highest BCUT2D eigenvalue weighted by molar-refractivity contribution is 5.62. The lowest BCUT2D eigenvalue weighted by Crippen LogP contribution is -2.37. The van der Waals surface area contributed by atoms with Crippen molar-refractivity contribution in [3.63, 3.8) is 0 Å². The maximum absolute atomic E-state index is 5.87. The van der Waals surface area contributed by atoms with Crippen LogP contribution in [0.3, 0.4) is 0 Å². The summed E-state index contributed by atoms with van der Waals surface area (Å²) < 4.78 is 5.87. The van der Waals surface area contributed by atoms with E-state index in [0.717, 1.165) is 25.4 Å². The number of piperidine rings is 1. The lowest BCUT2D eigenvalue weighted by Gasteiger charge is -2.33. The summed E-state index contributed by atoms with van der Waals surface area (Å²) in [5.41, 5.74) is 3.72. The van der Waals surface area contributed by atoms with Gasteiger partial charge in [-0.15, -0.1) is 0 Å². The summed E-state index contributed by atoms with van der Waals surface area (Å²) >= 11 is 0. The smallest absolute Gasteiger partial charge is 0.127 e. The monoisotopic (exact) mass is 307 g/mol. The Morgan fingerprint density at radius 2 is 2.17 bits per heavy atom. The lowest BCUT2D eigenvalue weighted by atomic mass is 9.94. The van der Waals surface area contributed by atoms with Gasteiger partial charge in [0.05, 0.1) is 0 Å². The van der Waals surface area contributed by atoms with E-state index in [1.807, 2.05) is 24.4 Å². The van der Waals surface area contributed by atoms with Gasteiger partial charge in [0.25, 0.3) is 0 Å². The molecule has 1 fully saturated rings. The van der Waals surface area contributed by atoms with Crippen LogP contribution >= 0.6 is 0 Å². The van der Waals surface area contributed by atoms with Crippen molar-refractivity contribution in [3.8, 4) is 5.75 Å². The minimum Gasteiger partial charge on any atom is -0.489 e. The molecular weight excluding hydrogens is 286 g/mol. The van der Waals surface area contributed by atoms with Gasteiger partial charge in [0.1, 0.15) is 18.7 Å². The molecule has 2 aromatic rings. The number of hydrogen-bond acceptors (Lipinski definition) is 4. The summed E-state index contributed by atoms with van der Waals surface area (Å²) in [5, 5.41) is 0. The Balaban J connectivity index is 1.44. The normalized spacial score (nSPS) is 21.2. The first kappa shape index (κ1) is 14.4. The minimum atomic E-state index is 0.518. The third-order valence-electron chi connectivity index (χ3n) is 4.65. The number of aromatic nitrogens is 2. The molecule has 1 unspecified atom stereocenters. The molecule has 118 valence electrons. The molecule has 2 aliphatic heterocycles. The highest BCUT2D eigenvalue weighted by Crippen LogP contribution is 2.28. The third kappa shape index (κ3) is 3.27. The Morgan fingerprint density at radius 3 is 3.09 bits per heavy atom. The number of nitrogens with zero attached hydrogens (tertiary/aromatic N) is 3. The highest BCUT2D eigenvalue weighted by atomic mass is 16.5. The van der Waals surface area contributed by atoms with Crippen LogP contribution in [0, 0.1) is 0 Å². The Bertz CT molecular complexity index is 699. The summed E-state index contributed by atoms with van der Waals surface area (Å²) in [5.74, 6) is 1.51. The summed E-state index contributed by atoms with van der Waals surface area (Å²) in [7, 11) is 0. The zero-order chi connectivity index (χ0) is 15.5.